The normalized spacial score (nSPS) is 11.8. The molecule has 8 nitrogen and oxygen atoms in total. The Hall–Kier alpha value is -4.06. The van der Waals surface area contributed by atoms with Crippen molar-refractivity contribution in [3.8, 4) is 11.5 Å². The molecule has 0 aromatic heterocycles. The fraction of sp³-hybridized carbons (Fsp3) is 0.231. The lowest BCUT2D eigenvalue weighted by Crippen LogP contribution is -2.39. The number of hydrazone groups is 1. The van der Waals surface area contributed by atoms with E-state index in [-0.39, 0.29) is 10.6 Å². The number of nitrogens with zero attached hydrogens (tertiary/aromatic N) is 2. The maximum Gasteiger partial charge on any atom is 0.416 e. The van der Waals surface area contributed by atoms with Crippen LogP contribution in [0.1, 0.15) is 25.0 Å². The van der Waals surface area contributed by atoms with Crippen molar-refractivity contribution >= 4 is 27.8 Å². The SMILES string of the molecule is CCOc1ccc(/C=N\NC(=O)CN(c2cccc(C(F)(F)F)c2)S(=O)(=O)c2ccccc2)cc1OCC. The van der Waals surface area contributed by atoms with Gasteiger partial charge in [0.05, 0.1) is 35.6 Å². The Morgan fingerprint density at radius 1 is 0.947 bits per heavy atom. The minimum Gasteiger partial charge on any atom is -0.490 e. The van der Waals surface area contributed by atoms with Crippen molar-refractivity contribution in [2.75, 3.05) is 24.1 Å². The van der Waals surface area contributed by atoms with Crippen molar-refractivity contribution in [2.24, 2.45) is 5.10 Å². The van der Waals surface area contributed by atoms with Crippen LogP contribution >= 0.6 is 0 Å². The van der Waals surface area contributed by atoms with Crippen LogP contribution in [0.25, 0.3) is 0 Å². The van der Waals surface area contributed by atoms with E-state index < -0.39 is 34.2 Å². The van der Waals surface area contributed by atoms with Gasteiger partial charge >= 0.3 is 6.18 Å². The molecule has 0 radical (unpaired) electrons. The molecule has 3 rings (SSSR count). The second-order valence-corrected chi connectivity index (χ2v) is 9.60. The van der Waals surface area contributed by atoms with E-state index in [0.717, 1.165) is 12.1 Å². The molecule has 0 aliphatic rings. The first-order valence-electron chi connectivity index (χ1n) is 11.5. The molecule has 0 atom stereocenters. The molecule has 0 heterocycles. The van der Waals surface area contributed by atoms with Gasteiger partial charge in [0.15, 0.2) is 11.5 Å². The Labute approximate surface area is 218 Å². The van der Waals surface area contributed by atoms with E-state index in [1.165, 1.54) is 36.5 Å². The Balaban J connectivity index is 1.85. The number of carbonyl (C=O) groups excluding carboxylic acids is 1. The summed E-state index contributed by atoms with van der Waals surface area (Å²) in [5.41, 5.74) is 1.40. The van der Waals surface area contributed by atoms with Crippen LogP contribution in [0.4, 0.5) is 18.9 Å². The fourth-order valence-corrected chi connectivity index (χ4v) is 4.80. The van der Waals surface area contributed by atoms with Crippen molar-refractivity contribution in [1.29, 1.82) is 0 Å². The van der Waals surface area contributed by atoms with Crippen LogP contribution in [0, 0.1) is 0 Å². The van der Waals surface area contributed by atoms with Gasteiger partial charge in [0.1, 0.15) is 6.54 Å². The predicted molar refractivity (Wildman–Crippen MR) is 137 cm³/mol. The molecule has 0 fully saturated rings. The van der Waals surface area contributed by atoms with Gasteiger partial charge in [-0.3, -0.25) is 9.10 Å². The number of sulfonamides is 1. The third-order valence-corrected chi connectivity index (χ3v) is 6.84. The average molecular weight is 550 g/mol. The summed E-state index contributed by atoms with van der Waals surface area (Å²) in [6, 6.07) is 15.8. The summed E-state index contributed by atoms with van der Waals surface area (Å²) in [6.07, 6.45) is -3.39. The number of halogens is 3. The lowest BCUT2D eigenvalue weighted by Gasteiger charge is -2.24. The number of ether oxygens (including phenoxy) is 2. The van der Waals surface area contributed by atoms with Crippen molar-refractivity contribution in [2.45, 2.75) is 24.9 Å². The molecule has 0 unspecified atom stereocenters. The summed E-state index contributed by atoms with van der Waals surface area (Å²) in [6.45, 7) is 3.68. The summed E-state index contributed by atoms with van der Waals surface area (Å²) >= 11 is 0. The van der Waals surface area contributed by atoms with Crippen LogP contribution < -0.4 is 19.2 Å². The molecule has 1 N–H and O–H groups in total. The Morgan fingerprint density at radius 3 is 2.29 bits per heavy atom. The highest BCUT2D eigenvalue weighted by Crippen LogP contribution is 2.33. The van der Waals surface area contributed by atoms with Crippen molar-refractivity contribution in [3.05, 3.63) is 83.9 Å². The maximum atomic E-state index is 13.3. The molecule has 0 spiro atoms. The molecular weight excluding hydrogens is 523 g/mol. The summed E-state index contributed by atoms with van der Waals surface area (Å²) in [7, 11) is -4.39. The molecule has 3 aromatic rings. The van der Waals surface area contributed by atoms with Gasteiger partial charge in [-0.25, -0.2) is 13.8 Å². The Kier molecular flexibility index (Phi) is 9.35. The summed E-state index contributed by atoms with van der Waals surface area (Å²) in [5, 5.41) is 3.85. The zero-order chi connectivity index (χ0) is 27.8. The third kappa shape index (κ3) is 7.25. The third-order valence-electron chi connectivity index (χ3n) is 5.05. The molecule has 38 heavy (non-hydrogen) atoms. The fourth-order valence-electron chi connectivity index (χ4n) is 3.36. The smallest absolute Gasteiger partial charge is 0.416 e. The first-order chi connectivity index (χ1) is 18.1. The molecule has 0 saturated heterocycles. The lowest BCUT2D eigenvalue weighted by atomic mass is 10.2. The second-order valence-electron chi connectivity index (χ2n) is 7.74. The van der Waals surface area contributed by atoms with Crippen molar-refractivity contribution in [1.82, 2.24) is 5.43 Å². The number of hydrogen-bond donors (Lipinski definition) is 1. The number of anilines is 1. The molecular formula is C26H26F3N3O5S. The first kappa shape index (κ1) is 28.5. The van der Waals surface area contributed by atoms with E-state index in [4.69, 9.17) is 9.47 Å². The van der Waals surface area contributed by atoms with E-state index in [0.29, 0.717) is 40.6 Å². The minimum absolute atomic E-state index is 0.188. The van der Waals surface area contributed by atoms with Crippen molar-refractivity contribution in [3.63, 3.8) is 0 Å². The van der Waals surface area contributed by atoms with Gasteiger partial charge in [-0.15, -0.1) is 0 Å². The standard InChI is InChI=1S/C26H26F3N3O5S/c1-3-36-23-14-13-19(15-24(23)37-4-2)17-30-31-25(33)18-32(38(34,35)22-11-6-5-7-12-22)21-10-8-9-20(16-21)26(27,28)29/h5-17H,3-4,18H2,1-2H3,(H,31,33)/b30-17-. The van der Waals surface area contributed by atoms with Gasteiger partial charge in [0.2, 0.25) is 0 Å². The number of amides is 1. The predicted octanol–water partition coefficient (Wildman–Crippen LogP) is 4.85. The number of rotatable bonds is 11. The lowest BCUT2D eigenvalue weighted by molar-refractivity contribution is -0.137. The highest BCUT2D eigenvalue weighted by atomic mass is 32.2. The zero-order valence-electron chi connectivity index (χ0n) is 20.6. The molecule has 3 aromatic carbocycles. The minimum atomic E-state index is -4.71. The van der Waals surface area contributed by atoms with Crippen LogP contribution in [0.2, 0.25) is 0 Å². The van der Waals surface area contributed by atoms with Crippen LogP contribution in [0.15, 0.2) is 82.8 Å². The summed E-state index contributed by atoms with van der Waals surface area (Å²) in [5.74, 6) is 0.154. The van der Waals surface area contributed by atoms with E-state index in [1.54, 1.807) is 24.3 Å². The molecule has 0 bridgehead atoms. The molecule has 1 amide bonds. The van der Waals surface area contributed by atoms with E-state index >= 15 is 0 Å². The quantitative estimate of drug-likeness (QED) is 0.273. The number of alkyl halides is 3. The molecule has 0 saturated carbocycles. The molecule has 12 heteroatoms. The maximum absolute atomic E-state index is 13.3. The number of carbonyl (C=O) groups is 1. The zero-order valence-corrected chi connectivity index (χ0v) is 21.4. The number of hydrogen-bond acceptors (Lipinski definition) is 6. The Bertz CT molecular complexity index is 1380. The van der Waals surface area contributed by atoms with Crippen LogP contribution in [0.5, 0.6) is 11.5 Å². The van der Waals surface area contributed by atoms with Gasteiger partial charge in [0.25, 0.3) is 15.9 Å². The largest absolute Gasteiger partial charge is 0.490 e. The van der Waals surface area contributed by atoms with Gasteiger partial charge < -0.3 is 9.47 Å². The highest BCUT2D eigenvalue weighted by Gasteiger charge is 2.33. The van der Waals surface area contributed by atoms with Crippen LogP contribution in [-0.4, -0.2) is 40.3 Å². The number of benzene rings is 3. The van der Waals surface area contributed by atoms with Gasteiger partial charge in [-0.1, -0.05) is 24.3 Å². The monoisotopic (exact) mass is 549 g/mol. The van der Waals surface area contributed by atoms with Gasteiger partial charge in [0, 0.05) is 0 Å². The van der Waals surface area contributed by atoms with Gasteiger partial charge in [-0.05, 0) is 67.9 Å². The topological polar surface area (TPSA) is 97.3 Å². The van der Waals surface area contributed by atoms with E-state index in [9.17, 15) is 26.4 Å². The van der Waals surface area contributed by atoms with Crippen LogP contribution in [0.3, 0.4) is 0 Å². The summed E-state index contributed by atoms with van der Waals surface area (Å²) < 4.78 is 78.2. The van der Waals surface area contributed by atoms with E-state index in [2.05, 4.69) is 10.5 Å². The first-order valence-corrected chi connectivity index (χ1v) is 13.0. The second kappa shape index (κ2) is 12.5. The number of nitrogens with one attached hydrogen (secondary N) is 1. The average Bonchev–Trinajstić information content (AvgIpc) is 2.89. The van der Waals surface area contributed by atoms with Gasteiger partial charge in [-0.2, -0.15) is 18.3 Å². The van der Waals surface area contributed by atoms with E-state index in [1.807, 2.05) is 13.8 Å². The molecule has 0 aliphatic carbocycles. The molecule has 202 valence electrons. The Morgan fingerprint density at radius 2 is 1.63 bits per heavy atom. The molecule has 0 aliphatic heterocycles. The van der Waals surface area contributed by atoms with Crippen molar-refractivity contribution < 1.29 is 35.9 Å². The van der Waals surface area contributed by atoms with Crippen LogP contribution in [-0.2, 0) is 21.0 Å². The summed E-state index contributed by atoms with van der Waals surface area (Å²) in [4.78, 5) is 12.5. The highest BCUT2D eigenvalue weighted by molar-refractivity contribution is 7.92.